The number of aliphatic hydroxyl groups excluding tert-OH is 1. The molecule has 2 aromatic rings. The van der Waals surface area contributed by atoms with Crippen LogP contribution in [0.3, 0.4) is 0 Å². The lowest BCUT2D eigenvalue weighted by Gasteiger charge is -2.62. The second-order valence-electron chi connectivity index (χ2n) is 11.2. The van der Waals surface area contributed by atoms with Gasteiger partial charge in [-0.15, -0.1) is 0 Å². The Hall–Kier alpha value is -2.79. The summed E-state index contributed by atoms with van der Waals surface area (Å²) in [6, 6.07) is 8.52. The summed E-state index contributed by atoms with van der Waals surface area (Å²) in [6.07, 6.45) is 1.84. The van der Waals surface area contributed by atoms with E-state index < -0.39 is 38.8 Å². The summed E-state index contributed by atoms with van der Waals surface area (Å²) >= 11 is 5.95. The zero-order chi connectivity index (χ0) is 26.6. The molecule has 4 atom stereocenters. The van der Waals surface area contributed by atoms with Gasteiger partial charge in [0.1, 0.15) is 5.76 Å². The SMILES string of the molecule is O=C(NS(=O)(=O)c1cccc(Cl)c1)C1=C(O)[C@@H]2Oc3c(O)ccc4c3[C@@]23CCN(CC2CC2)[C@H](C4)[C@]3(O)C1. The van der Waals surface area contributed by atoms with Gasteiger partial charge in [-0.25, -0.2) is 13.1 Å². The highest BCUT2D eigenvalue weighted by Gasteiger charge is 2.73. The molecule has 2 bridgehead atoms. The number of benzene rings is 2. The lowest BCUT2D eigenvalue weighted by atomic mass is 9.49. The fourth-order valence-electron chi connectivity index (χ4n) is 7.24. The van der Waals surface area contributed by atoms with Gasteiger partial charge in [0.2, 0.25) is 0 Å². The van der Waals surface area contributed by atoms with Crippen molar-refractivity contribution in [1.82, 2.24) is 9.62 Å². The van der Waals surface area contributed by atoms with Crippen molar-refractivity contribution in [3.63, 3.8) is 0 Å². The fraction of sp³-hybridized carbons (Fsp3) is 0.444. The first-order valence-electron chi connectivity index (χ1n) is 12.8. The third-order valence-corrected chi connectivity index (χ3v) is 10.7. The van der Waals surface area contributed by atoms with Crippen LogP contribution in [-0.4, -0.2) is 65.4 Å². The number of carbonyl (C=O) groups excluding carboxylic acids is 1. The van der Waals surface area contributed by atoms with E-state index in [9.17, 15) is 28.5 Å². The Bertz CT molecular complexity index is 1540. The number of amides is 1. The number of aromatic hydroxyl groups is 1. The van der Waals surface area contributed by atoms with Gasteiger partial charge in [0.05, 0.1) is 21.5 Å². The van der Waals surface area contributed by atoms with Crippen LogP contribution in [0.4, 0.5) is 0 Å². The molecule has 0 unspecified atom stereocenters. The molecule has 1 spiro atoms. The van der Waals surface area contributed by atoms with Crippen LogP contribution >= 0.6 is 11.6 Å². The minimum Gasteiger partial charge on any atom is -0.508 e. The van der Waals surface area contributed by atoms with Crippen molar-refractivity contribution >= 4 is 27.5 Å². The number of phenolic OH excluding ortho intramolecular Hbond substituents is 1. The molecule has 9 nitrogen and oxygen atoms in total. The topological polar surface area (TPSA) is 136 Å². The second-order valence-corrected chi connectivity index (χ2v) is 13.3. The van der Waals surface area contributed by atoms with Gasteiger partial charge in [0, 0.05) is 29.6 Å². The van der Waals surface area contributed by atoms with Crippen LogP contribution in [0.15, 0.2) is 52.6 Å². The van der Waals surface area contributed by atoms with E-state index in [1.165, 1.54) is 24.3 Å². The number of hydrogen-bond donors (Lipinski definition) is 4. The highest BCUT2D eigenvalue weighted by Crippen LogP contribution is 2.66. The van der Waals surface area contributed by atoms with Gasteiger partial charge in [-0.3, -0.25) is 9.69 Å². The average Bonchev–Trinajstić information content (AvgIpc) is 3.60. The quantitative estimate of drug-likeness (QED) is 0.439. The lowest BCUT2D eigenvalue weighted by Crippen LogP contribution is -2.75. The maximum atomic E-state index is 13.4. The number of piperidine rings is 1. The number of aliphatic hydroxyl groups is 2. The van der Waals surface area contributed by atoms with Crippen molar-refractivity contribution in [3.8, 4) is 11.5 Å². The number of nitrogens with one attached hydrogen (secondary N) is 1. The van der Waals surface area contributed by atoms with Crippen LogP contribution in [0.2, 0.25) is 5.02 Å². The van der Waals surface area contributed by atoms with Crippen molar-refractivity contribution in [3.05, 3.63) is 63.9 Å². The molecule has 7 rings (SSSR count). The van der Waals surface area contributed by atoms with Gasteiger partial charge < -0.3 is 20.1 Å². The summed E-state index contributed by atoms with van der Waals surface area (Å²) in [5, 5.41) is 34.9. The molecular weight excluding hydrogens is 532 g/mol. The average molecular weight is 559 g/mol. The van der Waals surface area contributed by atoms with Gasteiger partial charge in [0.25, 0.3) is 15.9 Å². The maximum absolute atomic E-state index is 13.4. The van der Waals surface area contributed by atoms with E-state index in [4.69, 9.17) is 16.3 Å². The third-order valence-electron chi connectivity index (χ3n) is 9.12. The van der Waals surface area contributed by atoms with Gasteiger partial charge in [0.15, 0.2) is 17.6 Å². The molecule has 2 aliphatic heterocycles. The molecule has 2 heterocycles. The summed E-state index contributed by atoms with van der Waals surface area (Å²) in [5.74, 6) is -0.785. The largest absolute Gasteiger partial charge is 0.508 e. The van der Waals surface area contributed by atoms with Crippen molar-refractivity contribution < 1.29 is 33.3 Å². The van der Waals surface area contributed by atoms with Crippen LogP contribution in [0, 0.1) is 5.92 Å². The predicted octanol–water partition coefficient (Wildman–Crippen LogP) is 2.54. The summed E-state index contributed by atoms with van der Waals surface area (Å²) in [6.45, 7) is 1.51. The molecule has 200 valence electrons. The normalized spacial score (nSPS) is 31.5. The van der Waals surface area contributed by atoms with Crippen LogP contribution in [0.1, 0.15) is 36.8 Å². The van der Waals surface area contributed by atoms with Gasteiger partial charge in [-0.1, -0.05) is 23.7 Å². The molecule has 5 aliphatic rings. The molecule has 1 amide bonds. The monoisotopic (exact) mass is 558 g/mol. The smallest absolute Gasteiger partial charge is 0.264 e. The molecule has 3 aliphatic carbocycles. The summed E-state index contributed by atoms with van der Waals surface area (Å²) in [4.78, 5) is 15.5. The lowest BCUT2D eigenvalue weighted by molar-refractivity contribution is -0.172. The molecular formula is C27H27ClN2O7S. The van der Waals surface area contributed by atoms with Crippen molar-refractivity contribution in [1.29, 1.82) is 0 Å². The molecule has 2 fully saturated rings. The molecule has 38 heavy (non-hydrogen) atoms. The van der Waals surface area contributed by atoms with E-state index in [2.05, 4.69) is 4.90 Å². The highest BCUT2D eigenvalue weighted by atomic mass is 35.5. The summed E-state index contributed by atoms with van der Waals surface area (Å²) < 4.78 is 34.1. The van der Waals surface area contributed by atoms with Gasteiger partial charge in [-0.05, 0) is 68.0 Å². The third kappa shape index (κ3) is 3.17. The maximum Gasteiger partial charge on any atom is 0.264 e. The number of rotatable bonds is 5. The number of ether oxygens (including phenoxy) is 1. The van der Waals surface area contributed by atoms with Crippen molar-refractivity contribution in [2.45, 2.75) is 60.2 Å². The zero-order valence-corrected chi connectivity index (χ0v) is 21.9. The first-order valence-corrected chi connectivity index (χ1v) is 14.6. The predicted molar refractivity (Wildman–Crippen MR) is 137 cm³/mol. The van der Waals surface area contributed by atoms with Crippen LogP contribution in [-0.2, 0) is 26.7 Å². The molecule has 0 aromatic heterocycles. The van der Waals surface area contributed by atoms with Crippen LogP contribution < -0.4 is 9.46 Å². The summed E-state index contributed by atoms with van der Waals surface area (Å²) in [5.41, 5.74) is -1.22. The number of halogens is 1. The number of phenols is 1. The minimum absolute atomic E-state index is 0.101. The fourth-order valence-corrected chi connectivity index (χ4v) is 8.52. The van der Waals surface area contributed by atoms with E-state index >= 15 is 0 Å². The Labute approximate surface area is 224 Å². The van der Waals surface area contributed by atoms with Gasteiger partial charge >= 0.3 is 0 Å². The number of nitrogens with zero attached hydrogens (tertiary/aromatic N) is 1. The molecule has 4 N–H and O–H groups in total. The van der Waals surface area contributed by atoms with Crippen LogP contribution in [0.5, 0.6) is 11.5 Å². The van der Waals surface area contributed by atoms with Gasteiger partial charge in [-0.2, -0.15) is 0 Å². The summed E-state index contributed by atoms with van der Waals surface area (Å²) in [7, 11) is -4.31. The number of likely N-dealkylation sites (tertiary alicyclic amines) is 1. The standard InChI is InChI=1S/C27H27ClN2O7S/c28-16-2-1-3-17(11-16)38(35,36)29-25(33)18-12-27(34)20-10-15-6-7-19(31)23-21(15)26(27,24(37-23)22(18)32)8-9-30(20)13-14-4-5-14/h1-3,6-7,11,14,20,24,31-32,34H,4-5,8-10,12-13H2,(H,29,33)/t20-,24+,26+,27-/m1/s1. The van der Waals surface area contributed by atoms with Crippen molar-refractivity contribution in [2.75, 3.05) is 13.1 Å². The first kappa shape index (κ1) is 24.3. The molecule has 1 saturated carbocycles. The Kier molecular flexibility index (Phi) is 5.03. The molecule has 1 saturated heterocycles. The van der Waals surface area contributed by atoms with E-state index in [1.54, 1.807) is 6.07 Å². The molecule has 0 radical (unpaired) electrons. The van der Waals surface area contributed by atoms with Crippen LogP contribution in [0.25, 0.3) is 0 Å². The van der Waals surface area contributed by atoms with E-state index in [-0.39, 0.29) is 39.5 Å². The highest BCUT2D eigenvalue weighted by molar-refractivity contribution is 7.90. The number of carbonyl (C=O) groups is 1. The molecule has 2 aromatic carbocycles. The van der Waals surface area contributed by atoms with E-state index in [0.717, 1.165) is 24.9 Å². The Balaban J connectivity index is 1.33. The Morgan fingerprint density at radius 3 is 2.74 bits per heavy atom. The Morgan fingerprint density at radius 1 is 1.21 bits per heavy atom. The molecule has 11 heteroatoms. The van der Waals surface area contributed by atoms with E-state index in [0.29, 0.717) is 30.9 Å². The first-order chi connectivity index (χ1) is 18.0. The second kappa shape index (κ2) is 7.88. The Morgan fingerprint density at radius 2 is 2.00 bits per heavy atom. The minimum atomic E-state index is -4.31. The number of sulfonamides is 1. The zero-order valence-electron chi connectivity index (χ0n) is 20.4. The van der Waals surface area contributed by atoms with Crippen molar-refractivity contribution in [2.24, 2.45) is 5.92 Å². The number of hydrogen-bond acceptors (Lipinski definition) is 8. The van der Waals surface area contributed by atoms with E-state index in [1.807, 2.05) is 10.8 Å².